The van der Waals surface area contributed by atoms with Gasteiger partial charge in [-0.1, -0.05) is 0 Å². The zero-order valence-electron chi connectivity index (χ0n) is 12.0. The fourth-order valence-corrected chi connectivity index (χ4v) is 2.55. The topological polar surface area (TPSA) is 80.2 Å². The highest BCUT2D eigenvalue weighted by Crippen LogP contribution is 2.30. The van der Waals surface area contributed by atoms with E-state index in [-0.39, 0.29) is 11.7 Å². The van der Waals surface area contributed by atoms with Crippen LogP contribution in [0.1, 0.15) is 15.9 Å². The number of ether oxygens (including phenoxy) is 2. The summed E-state index contributed by atoms with van der Waals surface area (Å²) < 4.78 is 11.8. The Balaban J connectivity index is 1.69. The van der Waals surface area contributed by atoms with E-state index in [1.807, 2.05) is 0 Å². The quantitative estimate of drug-likeness (QED) is 0.451. The molecule has 1 heterocycles. The van der Waals surface area contributed by atoms with Crippen molar-refractivity contribution in [3.8, 4) is 17.2 Å². The number of hydrogen-bond acceptors (Lipinski definition) is 5. The van der Waals surface area contributed by atoms with Gasteiger partial charge < -0.3 is 14.6 Å². The highest BCUT2D eigenvalue weighted by Gasteiger charge is 2.14. The highest BCUT2D eigenvalue weighted by atomic mass is 127. The highest BCUT2D eigenvalue weighted by molar-refractivity contribution is 14.1. The lowest BCUT2D eigenvalue weighted by Gasteiger charge is -2.18. The average molecular weight is 424 g/mol. The second-order valence-electron chi connectivity index (χ2n) is 4.76. The molecular formula is C16H13IN2O4. The molecule has 0 unspecified atom stereocenters. The van der Waals surface area contributed by atoms with Gasteiger partial charge in [0, 0.05) is 14.7 Å². The lowest BCUT2D eigenvalue weighted by atomic mass is 10.2. The summed E-state index contributed by atoms with van der Waals surface area (Å²) in [5, 5.41) is 13.6. The Morgan fingerprint density at radius 3 is 2.78 bits per heavy atom. The second-order valence-corrected chi connectivity index (χ2v) is 6.01. The number of amides is 1. The van der Waals surface area contributed by atoms with Gasteiger partial charge in [-0.3, -0.25) is 4.79 Å². The molecule has 2 aromatic rings. The van der Waals surface area contributed by atoms with Crippen molar-refractivity contribution in [3.05, 3.63) is 51.1 Å². The van der Waals surface area contributed by atoms with Gasteiger partial charge in [-0.15, -0.1) is 0 Å². The Labute approximate surface area is 146 Å². The van der Waals surface area contributed by atoms with Gasteiger partial charge in [0.15, 0.2) is 11.5 Å². The summed E-state index contributed by atoms with van der Waals surface area (Å²) in [6.45, 7) is 0.963. The normalized spacial score (nSPS) is 13.1. The van der Waals surface area contributed by atoms with Crippen LogP contribution < -0.4 is 14.9 Å². The smallest absolute Gasteiger partial charge is 0.271 e. The van der Waals surface area contributed by atoms with Gasteiger partial charge in [-0.2, -0.15) is 5.10 Å². The van der Waals surface area contributed by atoms with Crippen molar-refractivity contribution in [2.24, 2.45) is 5.10 Å². The number of phenolic OH excluding ortho intramolecular Hbond substituents is 1. The lowest BCUT2D eigenvalue weighted by molar-refractivity contribution is 0.0954. The summed E-state index contributed by atoms with van der Waals surface area (Å²) in [6.07, 6.45) is 1.40. The van der Waals surface area contributed by atoms with Crippen LogP contribution in [0.15, 0.2) is 41.5 Å². The summed E-state index contributed by atoms with van der Waals surface area (Å²) in [4.78, 5) is 12.1. The number of aromatic hydroxyl groups is 1. The molecule has 0 saturated carbocycles. The molecule has 7 heteroatoms. The first-order chi connectivity index (χ1) is 11.1. The zero-order chi connectivity index (χ0) is 16.2. The van der Waals surface area contributed by atoms with Crippen LogP contribution in [0.25, 0.3) is 0 Å². The van der Waals surface area contributed by atoms with E-state index < -0.39 is 0 Å². The monoisotopic (exact) mass is 424 g/mol. The molecule has 0 fully saturated rings. The summed E-state index contributed by atoms with van der Waals surface area (Å²) in [5.74, 6) is 0.898. The maximum atomic E-state index is 12.1. The third-order valence-corrected chi connectivity index (χ3v) is 3.83. The molecule has 0 aromatic heterocycles. The first-order valence-electron chi connectivity index (χ1n) is 6.85. The van der Waals surface area contributed by atoms with Gasteiger partial charge >= 0.3 is 0 Å². The minimum Gasteiger partial charge on any atom is -0.507 e. The van der Waals surface area contributed by atoms with Crippen molar-refractivity contribution < 1.29 is 19.4 Å². The number of phenols is 1. The SMILES string of the molecule is O=C(N/N=C\c1cc(I)ccc1O)c1ccc2c(c1)OCCO2. The number of fused-ring (bicyclic) bond motifs is 1. The molecule has 1 aliphatic heterocycles. The predicted molar refractivity (Wildman–Crippen MR) is 93.3 cm³/mol. The minimum atomic E-state index is -0.372. The van der Waals surface area contributed by atoms with Crippen LogP contribution in [-0.2, 0) is 0 Å². The van der Waals surface area contributed by atoms with Crippen LogP contribution >= 0.6 is 22.6 Å². The number of carbonyl (C=O) groups excluding carboxylic acids is 1. The van der Waals surface area contributed by atoms with Crippen LogP contribution in [0, 0.1) is 3.57 Å². The molecule has 2 N–H and O–H groups in total. The molecule has 1 amide bonds. The Morgan fingerprint density at radius 1 is 1.17 bits per heavy atom. The number of nitrogens with one attached hydrogen (secondary N) is 1. The van der Waals surface area contributed by atoms with Crippen LogP contribution in [0.4, 0.5) is 0 Å². The molecule has 6 nitrogen and oxygen atoms in total. The lowest BCUT2D eigenvalue weighted by Crippen LogP contribution is -2.19. The Hall–Kier alpha value is -2.29. The average Bonchev–Trinajstić information content (AvgIpc) is 2.57. The van der Waals surface area contributed by atoms with E-state index in [4.69, 9.17) is 9.47 Å². The molecule has 3 rings (SSSR count). The van der Waals surface area contributed by atoms with Gasteiger partial charge in [0.2, 0.25) is 0 Å². The number of hydrogen-bond donors (Lipinski definition) is 2. The van der Waals surface area contributed by atoms with E-state index in [1.165, 1.54) is 6.21 Å². The van der Waals surface area contributed by atoms with Gasteiger partial charge in [0.25, 0.3) is 5.91 Å². The second kappa shape index (κ2) is 6.86. The van der Waals surface area contributed by atoms with E-state index >= 15 is 0 Å². The van der Waals surface area contributed by atoms with Gasteiger partial charge in [-0.25, -0.2) is 5.43 Å². The van der Waals surface area contributed by atoms with E-state index in [1.54, 1.807) is 36.4 Å². The molecule has 0 bridgehead atoms. The summed E-state index contributed by atoms with van der Waals surface area (Å²) in [7, 11) is 0. The molecule has 118 valence electrons. The van der Waals surface area contributed by atoms with Crippen molar-refractivity contribution in [1.29, 1.82) is 0 Å². The maximum absolute atomic E-state index is 12.1. The molecule has 1 aliphatic rings. The van der Waals surface area contributed by atoms with E-state index in [9.17, 15) is 9.90 Å². The van der Waals surface area contributed by atoms with Gasteiger partial charge in [0.05, 0.1) is 6.21 Å². The number of carbonyl (C=O) groups is 1. The van der Waals surface area contributed by atoms with E-state index in [2.05, 4.69) is 33.1 Å². The Kier molecular flexibility index (Phi) is 4.65. The van der Waals surface area contributed by atoms with Crippen molar-refractivity contribution in [2.75, 3.05) is 13.2 Å². The van der Waals surface area contributed by atoms with Crippen LogP contribution in [-0.4, -0.2) is 30.4 Å². The van der Waals surface area contributed by atoms with Gasteiger partial charge in [-0.05, 0) is 59.0 Å². The summed E-state index contributed by atoms with van der Waals surface area (Å²) >= 11 is 2.13. The third kappa shape index (κ3) is 3.73. The molecule has 2 aromatic carbocycles. The molecule has 23 heavy (non-hydrogen) atoms. The largest absolute Gasteiger partial charge is 0.507 e. The summed E-state index contributed by atoms with van der Waals surface area (Å²) in [5.41, 5.74) is 3.36. The number of halogens is 1. The van der Waals surface area contributed by atoms with Crippen molar-refractivity contribution >= 4 is 34.7 Å². The minimum absolute atomic E-state index is 0.0998. The molecule has 0 aliphatic carbocycles. The standard InChI is InChI=1S/C16H13IN2O4/c17-12-2-3-13(20)11(7-12)9-18-19-16(21)10-1-4-14-15(8-10)23-6-5-22-14/h1-4,7-9,20H,5-6H2,(H,19,21)/b18-9-. The number of rotatable bonds is 3. The Bertz CT molecular complexity index is 777. The van der Waals surface area contributed by atoms with Crippen LogP contribution in [0.5, 0.6) is 17.2 Å². The third-order valence-electron chi connectivity index (χ3n) is 3.16. The summed E-state index contributed by atoms with van der Waals surface area (Å²) in [6, 6.07) is 10.1. The number of benzene rings is 2. The van der Waals surface area contributed by atoms with Crippen molar-refractivity contribution in [2.45, 2.75) is 0 Å². The molecular weight excluding hydrogens is 411 g/mol. The van der Waals surface area contributed by atoms with Gasteiger partial charge in [0.1, 0.15) is 19.0 Å². The zero-order valence-corrected chi connectivity index (χ0v) is 14.1. The fourth-order valence-electron chi connectivity index (χ4n) is 2.04. The fraction of sp³-hybridized carbons (Fsp3) is 0.125. The number of hydrazone groups is 1. The molecule has 0 radical (unpaired) electrons. The van der Waals surface area contributed by atoms with Crippen molar-refractivity contribution in [1.82, 2.24) is 5.43 Å². The molecule has 0 atom stereocenters. The van der Waals surface area contributed by atoms with Crippen LogP contribution in [0.2, 0.25) is 0 Å². The predicted octanol–water partition coefficient (Wildman–Crippen LogP) is 2.53. The molecule has 0 spiro atoms. The maximum Gasteiger partial charge on any atom is 0.271 e. The van der Waals surface area contributed by atoms with E-state index in [0.29, 0.717) is 35.8 Å². The van der Waals surface area contributed by atoms with Crippen molar-refractivity contribution in [3.63, 3.8) is 0 Å². The first kappa shape index (κ1) is 15.6. The van der Waals surface area contributed by atoms with E-state index in [0.717, 1.165) is 3.57 Å². The Morgan fingerprint density at radius 2 is 1.96 bits per heavy atom. The molecule has 0 saturated heterocycles. The first-order valence-corrected chi connectivity index (χ1v) is 7.93. The van der Waals surface area contributed by atoms with Crippen LogP contribution in [0.3, 0.4) is 0 Å². The number of nitrogens with zero attached hydrogens (tertiary/aromatic N) is 1.